The molecule has 0 atom stereocenters. The summed E-state index contributed by atoms with van der Waals surface area (Å²) in [7, 11) is 0. The molecule has 0 heterocycles. The zero-order valence-corrected chi connectivity index (χ0v) is 14.5. The van der Waals surface area contributed by atoms with E-state index in [0.29, 0.717) is 0 Å². The molecule has 0 radical (unpaired) electrons. The monoisotopic (exact) mass is 290 g/mol. The van der Waals surface area contributed by atoms with E-state index in [0.717, 1.165) is 17.6 Å². The smallest absolute Gasteiger partial charge is 0.00229 e. The Morgan fingerprint density at radius 3 is 2.18 bits per heavy atom. The van der Waals surface area contributed by atoms with Gasteiger partial charge in [-0.25, -0.2) is 0 Å². The Labute approximate surface area is 135 Å². The lowest BCUT2D eigenvalue weighted by atomic mass is 9.87. The van der Waals surface area contributed by atoms with Crippen molar-refractivity contribution >= 4 is 11.1 Å². The van der Waals surface area contributed by atoms with Crippen LogP contribution in [0.1, 0.15) is 45.9 Å². The van der Waals surface area contributed by atoms with Gasteiger partial charge in [0.2, 0.25) is 0 Å². The Morgan fingerprint density at radius 2 is 1.59 bits per heavy atom. The minimum atomic E-state index is 0.884. The molecule has 0 aromatic heterocycles. The second-order valence-corrected chi connectivity index (χ2v) is 6.42. The van der Waals surface area contributed by atoms with Crippen LogP contribution in [0.15, 0.2) is 43.5 Å². The quantitative estimate of drug-likeness (QED) is 0.628. The van der Waals surface area contributed by atoms with Crippen molar-refractivity contribution in [1.29, 1.82) is 0 Å². The number of hydrogen-bond acceptors (Lipinski definition) is 0. The Balaban J connectivity index is 2.42. The maximum Gasteiger partial charge on any atom is -0.00229 e. The third kappa shape index (κ3) is 3.22. The first-order valence-corrected chi connectivity index (χ1v) is 7.81. The van der Waals surface area contributed by atoms with E-state index in [1.165, 1.54) is 38.9 Å². The molecule has 0 aliphatic carbocycles. The first-order valence-electron chi connectivity index (χ1n) is 7.81. The average Bonchev–Trinajstić information content (AvgIpc) is 2.44. The minimum absolute atomic E-state index is 0.884. The standard InChI is InChI=1S/C22H26/c1-14(2)22-19(7)16(4)9-11-21(22)18(6)13-20-10-8-15(3)12-17(20)5/h8-12H,1,6,13H2,2-5,7H3. The molecule has 0 fully saturated rings. The maximum atomic E-state index is 4.36. The van der Waals surface area contributed by atoms with Crippen LogP contribution < -0.4 is 0 Å². The van der Waals surface area contributed by atoms with E-state index in [1.54, 1.807) is 0 Å². The molecule has 0 bridgehead atoms. The number of rotatable bonds is 4. The Bertz CT molecular complexity index is 745. The van der Waals surface area contributed by atoms with Crippen molar-refractivity contribution in [2.45, 2.75) is 41.0 Å². The van der Waals surface area contributed by atoms with E-state index in [1.807, 2.05) is 0 Å². The predicted molar refractivity (Wildman–Crippen MR) is 99.3 cm³/mol. The van der Waals surface area contributed by atoms with Crippen LogP contribution in [0.3, 0.4) is 0 Å². The lowest BCUT2D eigenvalue weighted by molar-refractivity contribution is 1.20. The van der Waals surface area contributed by atoms with E-state index in [2.05, 4.69) is 78.1 Å². The highest BCUT2D eigenvalue weighted by atomic mass is 14.2. The summed E-state index contributed by atoms with van der Waals surface area (Å²) in [6.07, 6.45) is 0.884. The molecule has 0 N–H and O–H groups in total. The minimum Gasteiger partial charge on any atom is -0.0955 e. The van der Waals surface area contributed by atoms with Crippen molar-refractivity contribution < 1.29 is 0 Å². The third-order valence-corrected chi connectivity index (χ3v) is 4.45. The first kappa shape index (κ1) is 16.3. The van der Waals surface area contributed by atoms with Crippen LogP contribution in [-0.2, 0) is 6.42 Å². The van der Waals surface area contributed by atoms with E-state index < -0.39 is 0 Å². The highest BCUT2D eigenvalue weighted by Crippen LogP contribution is 2.31. The first-order chi connectivity index (χ1) is 10.3. The number of aryl methyl sites for hydroxylation is 3. The summed E-state index contributed by atoms with van der Waals surface area (Å²) >= 11 is 0. The van der Waals surface area contributed by atoms with Crippen molar-refractivity contribution in [2.24, 2.45) is 0 Å². The molecule has 0 heteroatoms. The summed E-state index contributed by atoms with van der Waals surface area (Å²) in [5, 5.41) is 0. The second kappa shape index (κ2) is 6.36. The van der Waals surface area contributed by atoms with Gasteiger partial charge in [0.25, 0.3) is 0 Å². The molecule has 0 aliphatic heterocycles. The van der Waals surface area contributed by atoms with Gasteiger partial charge in [-0.1, -0.05) is 54.6 Å². The van der Waals surface area contributed by atoms with Crippen molar-refractivity contribution in [3.8, 4) is 0 Å². The highest BCUT2D eigenvalue weighted by Gasteiger charge is 2.12. The van der Waals surface area contributed by atoms with Gasteiger partial charge in [-0.15, -0.1) is 0 Å². The molecule has 0 amide bonds. The van der Waals surface area contributed by atoms with Gasteiger partial charge in [0, 0.05) is 0 Å². The Hall–Kier alpha value is -2.08. The van der Waals surface area contributed by atoms with E-state index in [-0.39, 0.29) is 0 Å². The summed E-state index contributed by atoms with van der Waals surface area (Å²) < 4.78 is 0. The topological polar surface area (TPSA) is 0 Å². The largest absolute Gasteiger partial charge is 0.0955 e. The molecule has 0 unspecified atom stereocenters. The van der Waals surface area contributed by atoms with Gasteiger partial charge in [0.1, 0.15) is 0 Å². The van der Waals surface area contributed by atoms with Crippen molar-refractivity contribution in [1.82, 2.24) is 0 Å². The molecular formula is C22H26. The number of allylic oxidation sites excluding steroid dienone is 2. The summed E-state index contributed by atoms with van der Waals surface area (Å²) in [4.78, 5) is 0. The number of hydrogen-bond donors (Lipinski definition) is 0. The molecule has 0 spiro atoms. The van der Waals surface area contributed by atoms with Crippen molar-refractivity contribution in [3.05, 3.63) is 82.4 Å². The van der Waals surface area contributed by atoms with E-state index >= 15 is 0 Å². The lowest BCUT2D eigenvalue weighted by Crippen LogP contribution is -2.00. The molecule has 0 nitrogen and oxygen atoms in total. The fraction of sp³-hybridized carbons (Fsp3) is 0.273. The summed E-state index contributed by atoms with van der Waals surface area (Å²) in [6.45, 7) is 19.2. The summed E-state index contributed by atoms with van der Waals surface area (Å²) in [6, 6.07) is 11.0. The molecule has 22 heavy (non-hydrogen) atoms. The zero-order valence-electron chi connectivity index (χ0n) is 14.5. The molecule has 2 aromatic rings. The lowest BCUT2D eigenvalue weighted by Gasteiger charge is -2.17. The van der Waals surface area contributed by atoms with E-state index in [9.17, 15) is 0 Å². The highest BCUT2D eigenvalue weighted by molar-refractivity contribution is 5.80. The predicted octanol–water partition coefficient (Wildman–Crippen LogP) is 6.21. The molecule has 2 aromatic carbocycles. The van der Waals surface area contributed by atoms with Crippen LogP contribution >= 0.6 is 0 Å². The van der Waals surface area contributed by atoms with Gasteiger partial charge < -0.3 is 0 Å². The van der Waals surface area contributed by atoms with Crippen LogP contribution in [0.2, 0.25) is 0 Å². The van der Waals surface area contributed by atoms with Gasteiger partial charge >= 0.3 is 0 Å². The molecular weight excluding hydrogens is 264 g/mol. The Kier molecular flexibility index (Phi) is 4.71. The number of benzene rings is 2. The van der Waals surface area contributed by atoms with Crippen LogP contribution in [0, 0.1) is 27.7 Å². The van der Waals surface area contributed by atoms with Gasteiger partial charge in [-0.05, 0) is 80.0 Å². The fourth-order valence-corrected chi connectivity index (χ4v) is 3.03. The maximum absolute atomic E-state index is 4.36. The Morgan fingerprint density at radius 1 is 0.909 bits per heavy atom. The van der Waals surface area contributed by atoms with Crippen LogP contribution in [-0.4, -0.2) is 0 Å². The molecule has 0 saturated carbocycles. The van der Waals surface area contributed by atoms with Gasteiger partial charge in [0.15, 0.2) is 0 Å². The van der Waals surface area contributed by atoms with Gasteiger partial charge in [-0.3, -0.25) is 0 Å². The summed E-state index contributed by atoms with van der Waals surface area (Å²) in [5.41, 5.74) is 11.4. The third-order valence-electron chi connectivity index (χ3n) is 4.45. The fourth-order valence-electron chi connectivity index (χ4n) is 3.03. The average molecular weight is 290 g/mol. The second-order valence-electron chi connectivity index (χ2n) is 6.42. The molecule has 0 saturated heterocycles. The van der Waals surface area contributed by atoms with Crippen molar-refractivity contribution in [2.75, 3.05) is 0 Å². The van der Waals surface area contributed by atoms with E-state index in [4.69, 9.17) is 0 Å². The van der Waals surface area contributed by atoms with Crippen LogP contribution in [0.4, 0.5) is 0 Å². The van der Waals surface area contributed by atoms with Crippen LogP contribution in [0.25, 0.3) is 11.1 Å². The van der Waals surface area contributed by atoms with Gasteiger partial charge in [-0.2, -0.15) is 0 Å². The summed E-state index contributed by atoms with van der Waals surface area (Å²) in [5.74, 6) is 0. The molecule has 114 valence electrons. The molecule has 0 aliphatic rings. The SMILES string of the molecule is C=C(Cc1ccc(C)cc1C)c1ccc(C)c(C)c1C(=C)C. The van der Waals surface area contributed by atoms with Crippen molar-refractivity contribution in [3.63, 3.8) is 0 Å². The normalized spacial score (nSPS) is 10.6. The zero-order chi connectivity index (χ0) is 16.4. The molecule has 2 rings (SSSR count). The van der Waals surface area contributed by atoms with Crippen LogP contribution in [0.5, 0.6) is 0 Å². The van der Waals surface area contributed by atoms with Gasteiger partial charge in [0.05, 0.1) is 0 Å².